The lowest BCUT2D eigenvalue weighted by Crippen LogP contribution is -2.23. The van der Waals surface area contributed by atoms with Crippen LogP contribution in [0.2, 0.25) is 0 Å². The van der Waals surface area contributed by atoms with Crippen LogP contribution in [0.1, 0.15) is 42.9 Å². The summed E-state index contributed by atoms with van der Waals surface area (Å²) in [5.74, 6) is 5.16. The fraction of sp³-hybridized carbons (Fsp3) is 0.296. The van der Waals surface area contributed by atoms with E-state index in [0.717, 1.165) is 5.56 Å². The highest BCUT2D eigenvalue weighted by Gasteiger charge is 2.25. The molecule has 0 saturated carbocycles. The van der Waals surface area contributed by atoms with E-state index in [1.54, 1.807) is 31.4 Å². The van der Waals surface area contributed by atoms with E-state index in [1.807, 2.05) is 38.1 Å². The van der Waals surface area contributed by atoms with E-state index >= 15 is 0 Å². The summed E-state index contributed by atoms with van der Waals surface area (Å²) in [5, 5.41) is 25.5. The molecule has 0 radical (unpaired) electrons. The van der Waals surface area contributed by atoms with Crippen LogP contribution in [0.25, 0.3) is 11.3 Å². The molecule has 0 aliphatic heterocycles. The van der Waals surface area contributed by atoms with Gasteiger partial charge in [-0.2, -0.15) is 10.4 Å². The highest BCUT2D eigenvalue weighted by atomic mass is 16.5. The maximum Gasteiger partial charge on any atom is 0.304 e. The van der Waals surface area contributed by atoms with Gasteiger partial charge in [0.05, 0.1) is 54.5 Å². The maximum atomic E-state index is 11.2. The van der Waals surface area contributed by atoms with Crippen molar-refractivity contribution < 1.29 is 14.6 Å². The quantitative estimate of drug-likeness (QED) is 0.142. The molecule has 38 heavy (non-hydrogen) atoms. The van der Waals surface area contributed by atoms with Crippen LogP contribution in [-0.2, 0) is 21.5 Å². The monoisotopic (exact) mass is 514 g/mol. The van der Waals surface area contributed by atoms with Gasteiger partial charge in [0.25, 0.3) is 0 Å². The fourth-order valence-electron chi connectivity index (χ4n) is 3.62. The summed E-state index contributed by atoms with van der Waals surface area (Å²) in [6.07, 6.45) is 1.47. The van der Waals surface area contributed by atoms with Crippen LogP contribution >= 0.6 is 0 Å². The number of rotatable bonds is 12. The predicted octanol–water partition coefficient (Wildman–Crippen LogP) is 3.15. The Bertz CT molecular complexity index is 1380. The van der Waals surface area contributed by atoms with Crippen molar-refractivity contribution in [1.29, 1.82) is 5.26 Å². The highest BCUT2D eigenvalue weighted by molar-refractivity contribution is 6.37. The van der Waals surface area contributed by atoms with Crippen LogP contribution in [0, 0.1) is 11.3 Å². The number of carboxylic acids is 1. The SMILES string of the molecule is COCCNc1nc(/C(C=NCc2cccc(C(C)(C)CC(=O)O)n2)=N/N)cc(-c2cccc(C#N)c2)n1. The van der Waals surface area contributed by atoms with Crippen molar-refractivity contribution in [1.82, 2.24) is 15.0 Å². The van der Waals surface area contributed by atoms with Crippen molar-refractivity contribution in [2.24, 2.45) is 15.9 Å². The van der Waals surface area contributed by atoms with Gasteiger partial charge in [-0.1, -0.05) is 32.0 Å². The van der Waals surface area contributed by atoms with Crippen LogP contribution in [0.5, 0.6) is 0 Å². The second kappa shape index (κ2) is 13.0. The number of anilines is 1. The van der Waals surface area contributed by atoms with Gasteiger partial charge in [-0.3, -0.25) is 14.8 Å². The molecule has 0 aliphatic rings. The molecule has 11 nitrogen and oxygen atoms in total. The van der Waals surface area contributed by atoms with E-state index in [2.05, 4.69) is 36.4 Å². The average Bonchev–Trinajstić information content (AvgIpc) is 2.90. The second-order valence-corrected chi connectivity index (χ2v) is 9.03. The topological polar surface area (TPSA) is 172 Å². The molecule has 4 N–H and O–H groups in total. The number of methoxy groups -OCH3 is 1. The summed E-state index contributed by atoms with van der Waals surface area (Å²) in [4.78, 5) is 29.4. The van der Waals surface area contributed by atoms with Crippen LogP contribution in [0.3, 0.4) is 0 Å². The zero-order chi connectivity index (χ0) is 27.5. The highest BCUT2D eigenvalue weighted by Crippen LogP contribution is 2.25. The number of hydrogen-bond donors (Lipinski definition) is 3. The van der Waals surface area contributed by atoms with Crippen LogP contribution in [-0.4, -0.2) is 58.2 Å². The lowest BCUT2D eigenvalue weighted by molar-refractivity contribution is -0.138. The number of aromatic nitrogens is 3. The number of nitriles is 1. The summed E-state index contributed by atoms with van der Waals surface area (Å²) in [6, 6.07) is 16.4. The molecule has 1 aromatic carbocycles. The first-order chi connectivity index (χ1) is 18.2. The van der Waals surface area contributed by atoms with Gasteiger partial charge in [-0.15, -0.1) is 0 Å². The Morgan fingerprint density at radius 3 is 2.71 bits per heavy atom. The summed E-state index contributed by atoms with van der Waals surface area (Å²) in [6.45, 7) is 4.86. The number of benzene rings is 1. The van der Waals surface area contributed by atoms with Crippen molar-refractivity contribution in [3.63, 3.8) is 0 Å². The molecule has 0 fully saturated rings. The van der Waals surface area contributed by atoms with Gasteiger partial charge in [0.2, 0.25) is 5.95 Å². The summed E-state index contributed by atoms with van der Waals surface area (Å²) in [7, 11) is 1.60. The molecule has 0 spiro atoms. The van der Waals surface area contributed by atoms with E-state index in [4.69, 9.17) is 10.6 Å². The molecule has 0 amide bonds. The van der Waals surface area contributed by atoms with Crippen molar-refractivity contribution in [2.75, 3.05) is 25.6 Å². The molecule has 2 aromatic heterocycles. The Hall–Kier alpha value is -4.69. The fourth-order valence-corrected chi connectivity index (χ4v) is 3.62. The van der Waals surface area contributed by atoms with Gasteiger partial charge < -0.3 is 21.0 Å². The molecule has 0 aliphatic carbocycles. The number of aliphatic carboxylic acids is 1. The van der Waals surface area contributed by atoms with Gasteiger partial charge >= 0.3 is 5.97 Å². The van der Waals surface area contributed by atoms with Crippen LogP contribution in [0.15, 0.2) is 58.6 Å². The molecule has 2 heterocycles. The van der Waals surface area contributed by atoms with Gasteiger partial charge in [0, 0.05) is 30.3 Å². The van der Waals surface area contributed by atoms with Gasteiger partial charge in [-0.25, -0.2) is 9.97 Å². The molecule has 3 rings (SSSR count). The zero-order valence-electron chi connectivity index (χ0n) is 21.5. The lowest BCUT2D eigenvalue weighted by atomic mass is 9.85. The number of nitrogens with one attached hydrogen (secondary N) is 1. The first-order valence-electron chi connectivity index (χ1n) is 11.8. The third-order valence-electron chi connectivity index (χ3n) is 5.56. The van der Waals surface area contributed by atoms with Crippen molar-refractivity contribution in [3.05, 3.63) is 71.2 Å². The largest absolute Gasteiger partial charge is 0.481 e. The van der Waals surface area contributed by atoms with Crippen molar-refractivity contribution in [3.8, 4) is 17.3 Å². The molecular formula is C27H30N8O3. The maximum absolute atomic E-state index is 11.2. The summed E-state index contributed by atoms with van der Waals surface area (Å²) in [5.41, 5.74) is 3.31. The van der Waals surface area contributed by atoms with E-state index < -0.39 is 11.4 Å². The second-order valence-electron chi connectivity index (χ2n) is 9.03. The Labute approximate surface area is 221 Å². The van der Waals surface area contributed by atoms with E-state index in [0.29, 0.717) is 53.2 Å². The first-order valence-corrected chi connectivity index (χ1v) is 11.8. The number of nitrogens with zero attached hydrogens (tertiary/aromatic N) is 6. The molecule has 196 valence electrons. The van der Waals surface area contributed by atoms with Gasteiger partial charge in [-0.05, 0) is 30.3 Å². The minimum absolute atomic E-state index is 0.0369. The van der Waals surface area contributed by atoms with Gasteiger partial charge in [0.1, 0.15) is 5.71 Å². The molecule has 0 atom stereocenters. The van der Waals surface area contributed by atoms with E-state index in [9.17, 15) is 15.2 Å². The van der Waals surface area contributed by atoms with E-state index in [-0.39, 0.29) is 13.0 Å². The molecule has 0 saturated heterocycles. The van der Waals surface area contributed by atoms with Crippen LogP contribution < -0.4 is 11.2 Å². The zero-order valence-corrected chi connectivity index (χ0v) is 21.5. The minimum atomic E-state index is -0.885. The number of carbonyl (C=O) groups is 1. The summed E-state index contributed by atoms with van der Waals surface area (Å²) < 4.78 is 5.10. The normalized spacial score (nSPS) is 11.9. The number of nitrogens with two attached hydrogens (primary N) is 1. The van der Waals surface area contributed by atoms with Crippen LogP contribution in [0.4, 0.5) is 5.95 Å². The minimum Gasteiger partial charge on any atom is -0.481 e. The number of pyridine rings is 1. The van der Waals surface area contributed by atoms with Crippen molar-refractivity contribution >= 4 is 23.8 Å². The molecule has 0 bridgehead atoms. The average molecular weight is 515 g/mol. The molecular weight excluding hydrogens is 484 g/mol. The Morgan fingerprint density at radius 2 is 2.00 bits per heavy atom. The third kappa shape index (κ3) is 7.65. The Morgan fingerprint density at radius 1 is 1.21 bits per heavy atom. The first kappa shape index (κ1) is 27.9. The number of hydrazone groups is 1. The molecule has 3 aromatic rings. The number of aliphatic imine (C=N–C) groups is 1. The Balaban J connectivity index is 1.87. The lowest BCUT2D eigenvalue weighted by Gasteiger charge is -2.22. The van der Waals surface area contributed by atoms with E-state index in [1.165, 1.54) is 6.21 Å². The summed E-state index contributed by atoms with van der Waals surface area (Å²) >= 11 is 0. The number of carboxylic acid groups (broad SMARTS) is 1. The van der Waals surface area contributed by atoms with Gasteiger partial charge in [0.15, 0.2) is 0 Å². The molecule has 0 unspecified atom stereocenters. The predicted molar refractivity (Wildman–Crippen MR) is 145 cm³/mol. The van der Waals surface area contributed by atoms with Crippen molar-refractivity contribution in [2.45, 2.75) is 32.2 Å². The number of hydrogen-bond acceptors (Lipinski definition) is 10. The Kier molecular flexibility index (Phi) is 9.56. The third-order valence-corrected chi connectivity index (χ3v) is 5.56. The standard InChI is InChI=1S/C27H30N8O3/c1-27(2,14-25(36)37)24-9-5-8-20(32-24)16-30-17-23(35-29)22-13-21(19-7-4-6-18(12-19)15-28)33-26(34-22)31-10-11-38-3/h4-9,12-13,17H,10-11,14,16,29H2,1-3H3,(H,36,37)(H,31,33,34)/b30-17?,35-23+. The number of ether oxygens (including phenoxy) is 1. The smallest absolute Gasteiger partial charge is 0.304 e. The molecule has 11 heteroatoms.